The first-order chi connectivity index (χ1) is 15.7. The monoisotopic (exact) mass is 467 g/mol. The van der Waals surface area contributed by atoms with Crippen LogP contribution in [0.15, 0.2) is 48.5 Å². The summed E-state index contributed by atoms with van der Waals surface area (Å²) < 4.78 is 5.67. The van der Waals surface area contributed by atoms with Gasteiger partial charge in [0, 0.05) is 5.75 Å². The molecule has 0 aromatic heterocycles. The molecule has 0 radical (unpaired) electrons. The van der Waals surface area contributed by atoms with Gasteiger partial charge in [0.1, 0.15) is 17.9 Å². The number of carbonyl (C=O) groups is 2. The first-order valence-corrected chi connectivity index (χ1v) is 12.7. The number of ketones is 1. The van der Waals surface area contributed by atoms with Crippen molar-refractivity contribution in [3.8, 4) is 5.75 Å². The molecule has 1 saturated heterocycles. The number of hydrogen-bond acceptors (Lipinski definition) is 5. The van der Waals surface area contributed by atoms with Crippen molar-refractivity contribution in [1.29, 1.82) is 0 Å². The Bertz CT molecular complexity index is 996. The summed E-state index contributed by atoms with van der Waals surface area (Å²) in [5.74, 6) is 0.768. The second-order valence-corrected chi connectivity index (χ2v) is 11.4. The van der Waals surface area contributed by atoms with Gasteiger partial charge in [-0.05, 0) is 59.9 Å². The van der Waals surface area contributed by atoms with Crippen molar-refractivity contribution in [2.75, 3.05) is 6.61 Å². The van der Waals surface area contributed by atoms with Crippen LogP contribution in [0.25, 0.3) is 0 Å². The highest BCUT2D eigenvalue weighted by molar-refractivity contribution is 7.99. The Balaban J connectivity index is 1.49. The van der Waals surface area contributed by atoms with Gasteiger partial charge in [-0.3, -0.25) is 9.59 Å². The SMILES string of the molecule is CC(C)(C)c1ccc(CSC(Cc2ccc(O)cc2)C(=O)NC23CCCC2OCC3=O)cc1. The molecule has 1 aliphatic carbocycles. The Morgan fingerprint density at radius 2 is 1.82 bits per heavy atom. The van der Waals surface area contributed by atoms with Gasteiger partial charge in [-0.25, -0.2) is 0 Å². The van der Waals surface area contributed by atoms with E-state index in [1.807, 2.05) is 12.1 Å². The summed E-state index contributed by atoms with van der Waals surface area (Å²) in [6.45, 7) is 6.66. The zero-order valence-corrected chi connectivity index (χ0v) is 20.4. The van der Waals surface area contributed by atoms with E-state index in [1.54, 1.807) is 23.9 Å². The molecule has 2 aromatic carbocycles. The van der Waals surface area contributed by atoms with Crippen LogP contribution in [0, 0.1) is 0 Å². The number of nitrogens with one attached hydrogen (secondary N) is 1. The van der Waals surface area contributed by atoms with Crippen LogP contribution in [0.1, 0.15) is 56.7 Å². The summed E-state index contributed by atoms with van der Waals surface area (Å²) in [6, 6.07) is 15.5. The van der Waals surface area contributed by atoms with Crippen LogP contribution in [0.3, 0.4) is 0 Å². The van der Waals surface area contributed by atoms with Crippen LogP contribution in [0.4, 0.5) is 0 Å². The number of ether oxygens (including phenoxy) is 1. The standard InChI is InChI=1S/C27H33NO4S/c1-26(2,3)20-10-6-19(7-11-20)17-33-22(15-18-8-12-21(29)13-9-18)25(31)28-27-14-4-5-24(27)32-16-23(27)30/h6-13,22,24,29H,4-5,14-17H2,1-3H3,(H,28,31). The number of rotatable bonds is 7. The predicted molar refractivity (Wildman–Crippen MR) is 132 cm³/mol. The van der Waals surface area contributed by atoms with Crippen molar-refractivity contribution in [3.63, 3.8) is 0 Å². The van der Waals surface area contributed by atoms with E-state index in [9.17, 15) is 14.7 Å². The third kappa shape index (κ3) is 5.28. The lowest BCUT2D eigenvalue weighted by Gasteiger charge is -2.29. The summed E-state index contributed by atoms with van der Waals surface area (Å²) in [7, 11) is 0. The Morgan fingerprint density at radius 3 is 2.48 bits per heavy atom. The fraction of sp³-hybridized carbons (Fsp3) is 0.481. The highest BCUT2D eigenvalue weighted by Crippen LogP contribution is 2.38. The van der Waals surface area contributed by atoms with E-state index in [4.69, 9.17) is 4.74 Å². The molecule has 6 heteroatoms. The van der Waals surface area contributed by atoms with Gasteiger partial charge in [0.2, 0.25) is 5.91 Å². The van der Waals surface area contributed by atoms with Gasteiger partial charge in [-0.2, -0.15) is 0 Å². The minimum Gasteiger partial charge on any atom is -0.508 e. The third-order valence-corrected chi connectivity index (χ3v) is 8.05. The molecule has 1 amide bonds. The molecule has 33 heavy (non-hydrogen) atoms. The summed E-state index contributed by atoms with van der Waals surface area (Å²) in [6.07, 6.45) is 2.65. The molecule has 3 atom stereocenters. The molecule has 0 bridgehead atoms. The van der Waals surface area contributed by atoms with Crippen molar-refractivity contribution < 1.29 is 19.4 Å². The number of carbonyl (C=O) groups excluding carboxylic acids is 2. The topological polar surface area (TPSA) is 75.6 Å². The van der Waals surface area contributed by atoms with Gasteiger partial charge in [-0.15, -0.1) is 11.8 Å². The fourth-order valence-electron chi connectivity index (χ4n) is 4.71. The zero-order chi connectivity index (χ0) is 23.6. The summed E-state index contributed by atoms with van der Waals surface area (Å²) >= 11 is 1.58. The van der Waals surface area contributed by atoms with Gasteiger partial charge < -0.3 is 15.2 Å². The normalized spacial score (nSPS) is 23.4. The molecule has 1 saturated carbocycles. The Hall–Kier alpha value is -2.31. The largest absolute Gasteiger partial charge is 0.508 e. The average Bonchev–Trinajstić information content (AvgIpc) is 3.31. The first-order valence-electron chi connectivity index (χ1n) is 11.6. The Kier molecular flexibility index (Phi) is 6.87. The molecule has 3 unspecified atom stereocenters. The predicted octanol–water partition coefficient (Wildman–Crippen LogP) is 4.54. The highest BCUT2D eigenvalue weighted by Gasteiger charge is 2.55. The maximum atomic E-state index is 13.5. The van der Waals surface area contributed by atoms with Crippen molar-refractivity contribution in [2.24, 2.45) is 0 Å². The lowest BCUT2D eigenvalue weighted by atomic mass is 9.87. The summed E-state index contributed by atoms with van der Waals surface area (Å²) in [5, 5.41) is 12.4. The van der Waals surface area contributed by atoms with Crippen LogP contribution in [-0.2, 0) is 31.9 Å². The van der Waals surface area contributed by atoms with E-state index in [-0.39, 0.29) is 40.8 Å². The van der Waals surface area contributed by atoms with Gasteiger partial charge in [0.15, 0.2) is 5.78 Å². The van der Waals surface area contributed by atoms with Gasteiger partial charge in [-0.1, -0.05) is 57.2 Å². The first kappa shape index (κ1) is 23.8. The van der Waals surface area contributed by atoms with E-state index in [1.165, 1.54) is 5.56 Å². The zero-order valence-electron chi connectivity index (χ0n) is 19.6. The molecule has 2 aromatic rings. The van der Waals surface area contributed by atoms with Gasteiger partial charge in [0.25, 0.3) is 0 Å². The van der Waals surface area contributed by atoms with E-state index in [0.29, 0.717) is 18.6 Å². The number of hydrogen-bond donors (Lipinski definition) is 2. The summed E-state index contributed by atoms with van der Waals surface area (Å²) in [5.41, 5.74) is 2.64. The van der Waals surface area contributed by atoms with Crippen LogP contribution < -0.4 is 5.32 Å². The van der Waals surface area contributed by atoms with Gasteiger partial charge >= 0.3 is 0 Å². The molecule has 2 fully saturated rings. The molecule has 1 aliphatic heterocycles. The molecule has 5 nitrogen and oxygen atoms in total. The van der Waals surface area contributed by atoms with Crippen molar-refractivity contribution in [3.05, 3.63) is 65.2 Å². The van der Waals surface area contributed by atoms with E-state index >= 15 is 0 Å². The van der Waals surface area contributed by atoms with Crippen molar-refractivity contribution in [2.45, 2.75) is 74.5 Å². The van der Waals surface area contributed by atoms with E-state index in [0.717, 1.165) is 24.0 Å². The Morgan fingerprint density at radius 1 is 1.15 bits per heavy atom. The molecule has 1 heterocycles. The lowest BCUT2D eigenvalue weighted by Crippen LogP contribution is -2.58. The minimum atomic E-state index is -0.862. The van der Waals surface area contributed by atoms with Crippen LogP contribution in [-0.4, -0.2) is 40.3 Å². The maximum absolute atomic E-state index is 13.5. The van der Waals surface area contributed by atoms with Crippen molar-refractivity contribution in [1.82, 2.24) is 5.32 Å². The number of Topliss-reactive ketones (excluding diaryl/α,β-unsaturated/α-hetero) is 1. The second kappa shape index (κ2) is 9.51. The van der Waals surface area contributed by atoms with Crippen LogP contribution in [0.2, 0.25) is 0 Å². The number of amides is 1. The maximum Gasteiger partial charge on any atom is 0.234 e. The number of thioether (sulfide) groups is 1. The van der Waals surface area contributed by atoms with Crippen molar-refractivity contribution >= 4 is 23.5 Å². The van der Waals surface area contributed by atoms with E-state index < -0.39 is 5.54 Å². The quantitative estimate of drug-likeness (QED) is 0.625. The number of phenols is 1. The molecule has 0 spiro atoms. The third-order valence-electron chi connectivity index (χ3n) is 6.77. The number of phenolic OH excluding ortho intramolecular Hbond substituents is 1. The van der Waals surface area contributed by atoms with Gasteiger partial charge in [0.05, 0.1) is 11.4 Å². The molecule has 2 N–H and O–H groups in total. The number of benzene rings is 2. The Labute approximate surface area is 200 Å². The fourth-order valence-corrected chi connectivity index (χ4v) is 5.81. The molecule has 176 valence electrons. The second-order valence-electron chi connectivity index (χ2n) is 10.2. The molecule has 4 rings (SSSR count). The minimum absolute atomic E-state index is 0.00972. The number of fused-ring (bicyclic) bond motifs is 1. The smallest absolute Gasteiger partial charge is 0.234 e. The van der Waals surface area contributed by atoms with Crippen LogP contribution >= 0.6 is 11.8 Å². The van der Waals surface area contributed by atoms with Crippen LogP contribution in [0.5, 0.6) is 5.75 Å². The molecular formula is C27H33NO4S. The highest BCUT2D eigenvalue weighted by atomic mass is 32.2. The summed E-state index contributed by atoms with van der Waals surface area (Å²) in [4.78, 5) is 26.1. The lowest BCUT2D eigenvalue weighted by molar-refractivity contribution is -0.129. The number of aromatic hydroxyl groups is 1. The molecular weight excluding hydrogens is 434 g/mol. The van der Waals surface area contributed by atoms with E-state index in [2.05, 4.69) is 50.4 Å². The molecule has 2 aliphatic rings. The average molecular weight is 468 g/mol.